The van der Waals surface area contributed by atoms with Gasteiger partial charge in [0.25, 0.3) is 0 Å². The number of hydrogen-bond acceptors (Lipinski definition) is 3. The fourth-order valence-corrected chi connectivity index (χ4v) is 1.44. The molecule has 0 aromatic carbocycles. The second-order valence-electron chi connectivity index (χ2n) is 4.54. The van der Waals surface area contributed by atoms with Crippen molar-refractivity contribution in [2.24, 2.45) is 5.92 Å². The third kappa shape index (κ3) is 7.65. The summed E-state index contributed by atoms with van der Waals surface area (Å²) >= 11 is 0. The highest BCUT2D eigenvalue weighted by molar-refractivity contribution is 5.69. The van der Waals surface area contributed by atoms with Crippen LogP contribution in [0.15, 0.2) is 0 Å². The smallest absolute Gasteiger partial charge is 0.306 e. The van der Waals surface area contributed by atoms with E-state index in [0.29, 0.717) is 12.6 Å². The van der Waals surface area contributed by atoms with Crippen molar-refractivity contribution in [1.82, 2.24) is 5.32 Å². The summed E-state index contributed by atoms with van der Waals surface area (Å²) in [6, 6.07) is 0.335. The minimum absolute atomic E-state index is 0.256. The van der Waals surface area contributed by atoms with E-state index in [0.717, 1.165) is 25.7 Å². The number of carbonyl (C=O) groups is 1. The van der Waals surface area contributed by atoms with Crippen LogP contribution < -0.4 is 5.32 Å². The normalized spacial score (nSPS) is 16.8. The Morgan fingerprint density at radius 2 is 1.94 bits per heavy atom. The molecule has 0 heterocycles. The van der Waals surface area contributed by atoms with E-state index >= 15 is 0 Å². The van der Waals surface area contributed by atoms with Gasteiger partial charge in [-0.15, -0.1) is 0 Å². The lowest BCUT2D eigenvalue weighted by molar-refractivity contribution is -0.141. The molecule has 0 rings (SSSR count). The van der Waals surface area contributed by atoms with Crippen LogP contribution in [-0.4, -0.2) is 34.9 Å². The van der Waals surface area contributed by atoms with Gasteiger partial charge in [-0.3, -0.25) is 4.79 Å². The largest absolute Gasteiger partial charge is 0.481 e. The number of rotatable bonds is 9. The molecule has 3 N–H and O–H groups in total. The molecule has 0 aromatic heterocycles. The quantitative estimate of drug-likeness (QED) is 0.564. The average Bonchev–Trinajstić information content (AvgIpc) is 2.25. The maximum absolute atomic E-state index is 10.6. The molecule has 0 aliphatic rings. The zero-order valence-corrected chi connectivity index (χ0v) is 10.6. The Morgan fingerprint density at radius 3 is 2.44 bits per heavy atom. The Bertz CT molecular complexity index is 197. The number of aliphatic carboxylic acids is 1. The van der Waals surface area contributed by atoms with Gasteiger partial charge in [0, 0.05) is 12.6 Å². The summed E-state index contributed by atoms with van der Waals surface area (Å²) in [4.78, 5) is 10.6. The first-order valence-electron chi connectivity index (χ1n) is 6.11. The minimum atomic E-state index is -0.720. The van der Waals surface area contributed by atoms with Crippen LogP contribution in [0.5, 0.6) is 0 Å². The van der Waals surface area contributed by atoms with Crippen molar-refractivity contribution in [2.45, 2.75) is 58.6 Å². The van der Waals surface area contributed by atoms with Crippen LogP contribution in [0.25, 0.3) is 0 Å². The summed E-state index contributed by atoms with van der Waals surface area (Å²) in [6.07, 6.45) is 3.06. The predicted molar refractivity (Wildman–Crippen MR) is 64.4 cm³/mol. The first kappa shape index (κ1) is 15.4. The predicted octanol–water partition coefficient (Wildman–Crippen LogP) is 1.63. The molecule has 96 valence electrons. The molecular formula is C12H25NO3. The molecule has 16 heavy (non-hydrogen) atoms. The molecular weight excluding hydrogens is 206 g/mol. The number of hydrogen-bond donors (Lipinski definition) is 3. The lowest BCUT2D eigenvalue weighted by Crippen LogP contribution is -2.33. The Hall–Kier alpha value is -0.610. The first-order chi connectivity index (χ1) is 7.47. The van der Waals surface area contributed by atoms with Gasteiger partial charge in [-0.1, -0.05) is 20.3 Å². The second-order valence-corrected chi connectivity index (χ2v) is 4.54. The molecule has 0 bridgehead atoms. The van der Waals surface area contributed by atoms with E-state index in [4.69, 9.17) is 5.11 Å². The zero-order chi connectivity index (χ0) is 12.6. The Kier molecular flexibility index (Phi) is 8.21. The molecule has 0 radical (unpaired) electrons. The molecule has 0 spiro atoms. The van der Waals surface area contributed by atoms with Gasteiger partial charge in [0.15, 0.2) is 0 Å². The van der Waals surface area contributed by atoms with Crippen molar-refractivity contribution in [3.63, 3.8) is 0 Å². The highest BCUT2D eigenvalue weighted by atomic mass is 16.4. The Balaban J connectivity index is 3.50. The standard InChI is InChI=1S/C12H25NO3/c1-4-11(14)8-13-10(3)7-5-6-9(2)12(15)16/h9-11,13-14H,4-8H2,1-3H3,(H,15,16). The van der Waals surface area contributed by atoms with Gasteiger partial charge in [0.2, 0.25) is 0 Å². The molecule has 0 amide bonds. The van der Waals surface area contributed by atoms with Crippen molar-refractivity contribution < 1.29 is 15.0 Å². The molecule has 0 fully saturated rings. The maximum Gasteiger partial charge on any atom is 0.306 e. The van der Waals surface area contributed by atoms with Gasteiger partial charge in [0.05, 0.1) is 12.0 Å². The summed E-state index contributed by atoms with van der Waals surface area (Å²) in [5.41, 5.74) is 0. The summed E-state index contributed by atoms with van der Waals surface area (Å²) in [5.74, 6) is -0.976. The van der Waals surface area contributed by atoms with Crippen molar-refractivity contribution >= 4 is 5.97 Å². The van der Waals surface area contributed by atoms with Crippen LogP contribution in [0.1, 0.15) is 46.5 Å². The molecule has 3 atom stereocenters. The van der Waals surface area contributed by atoms with E-state index in [2.05, 4.69) is 12.2 Å². The van der Waals surface area contributed by atoms with E-state index in [1.54, 1.807) is 6.92 Å². The molecule has 4 nitrogen and oxygen atoms in total. The first-order valence-corrected chi connectivity index (χ1v) is 6.11. The summed E-state index contributed by atoms with van der Waals surface area (Å²) in [7, 11) is 0. The fraction of sp³-hybridized carbons (Fsp3) is 0.917. The van der Waals surface area contributed by atoms with Crippen LogP contribution in [0.3, 0.4) is 0 Å². The van der Waals surface area contributed by atoms with Crippen LogP contribution in [0.2, 0.25) is 0 Å². The third-order valence-corrected chi connectivity index (χ3v) is 2.87. The van der Waals surface area contributed by atoms with Gasteiger partial charge < -0.3 is 15.5 Å². The van der Waals surface area contributed by atoms with E-state index in [-0.39, 0.29) is 12.0 Å². The van der Waals surface area contributed by atoms with Crippen LogP contribution in [0.4, 0.5) is 0 Å². The summed E-state index contributed by atoms with van der Waals surface area (Å²) in [5, 5.41) is 21.3. The highest BCUT2D eigenvalue weighted by Gasteiger charge is 2.11. The summed E-state index contributed by atoms with van der Waals surface area (Å²) < 4.78 is 0. The number of nitrogens with one attached hydrogen (secondary N) is 1. The lowest BCUT2D eigenvalue weighted by Gasteiger charge is -2.16. The Morgan fingerprint density at radius 1 is 1.31 bits per heavy atom. The average molecular weight is 231 g/mol. The zero-order valence-electron chi connectivity index (χ0n) is 10.6. The Labute approximate surface area is 98.1 Å². The fourth-order valence-electron chi connectivity index (χ4n) is 1.44. The number of carboxylic acid groups (broad SMARTS) is 1. The van der Waals surface area contributed by atoms with E-state index in [9.17, 15) is 9.90 Å². The van der Waals surface area contributed by atoms with Gasteiger partial charge in [-0.2, -0.15) is 0 Å². The SMILES string of the molecule is CCC(O)CNC(C)CCCC(C)C(=O)O. The molecule has 3 unspecified atom stereocenters. The number of aliphatic hydroxyl groups excluding tert-OH is 1. The van der Waals surface area contributed by atoms with Crippen molar-refractivity contribution in [3.05, 3.63) is 0 Å². The third-order valence-electron chi connectivity index (χ3n) is 2.87. The highest BCUT2D eigenvalue weighted by Crippen LogP contribution is 2.09. The molecule has 0 saturated carbocycles. The van der Waals surface area contributed by atoms with Crippen molar-refractivity contribution in [3.8, 4) is 0 Å². The maximum atomic E-state index is 10.6. The molecule has 0 aromatic rings. The minimum Gasteiger partial charge on any atom is -0.481 e. The molecule has 0 aliphatic heterocycles. The van der Waals surface area contributed by atoms with Crippen molar-refractivity contribution in [2.75, 3.05) is 6.54 Å². The molecule has 4 heteroatoms. The van der Waals surface area contributed by atoms with Crippen molar-refractivity contribution in [1.29, 1.82) is 0 Å². The van der Waals surface area contributed by atoms with Gasteiger partial charge in [-0.05, 0) is 26.2 Å². The second kappa shape index (κ2) is 8.53. The summed E-state index contributed by atoms with van der Waals surface area (Å²) in [6.45, 7) is 6.37. The monoisotopic (exact) mass is 231 g/mol. The number of carboxylic acids is 1. The molecule has 0 aliphatic carbocycles. The lowest BCUT2D eigenvalue weighted by atomic mass is 10.0. The topological polar surface area (TPSA) is 69.6 Å². The van der Waals surface area contributed by atoms with Gasteiger partial charge >= 0.3 is 5.97 Å². The van der Waals surface area contributed by atoms with Crippen LogP contribution in [0, 0.1) is 5.92 Å². The molecule has 0 saturated heterocycles. The van der Waals surface area contributed by atoms with E-state index in [1.165, 1.54) is 0 Å². The van der Waals surface area contributed by atoms with E-state index in [1.807, 2.05) is 6.92 Å². The van der Waals surface area contributed by atoms with Gasteiger partial charge in [0.1, 0.15) is 0 Å². The van der Waals surface area contributed by atoms with Crippen LogP contribution >= 0.6 is 0 Å². The van der Waals surface area contributed by atoms with E-state index < -0.39 is 5.97 Å². The van der Waals surface area contributed by atoms with Crippen LogP contribution in [-0.2, 0) is 4.79 Å². The van der Waals surface area contributed by atoms with Gasteiger partial charge in [-0.25, -0.2) is 0 Å². The number of aliphatic hydroxyl groups is 1.